The van der Waals surface area contributed by atoms with Crippen LogP contribution in [0, 0.1) is 0 Å². The summed E-state index contributed by atoms with van der Waals surface area (Å²) in [7, 11) is 0. The predicted molar refractivity (Wildman–Crippen MR) is 66.2 cm³/mol. The third-order valence-electron chi connectivity index (χ3n) is 2.76. The molecule has 4 N–H and O–H groups in total. The van der Waals surface area contributed by atoms with Gasteiger partial charge < -0.3 is 31.2 Å². The number of aliphatic hydroxyl groups excluding tert-OH is 1. The molecule has 8 heteroatoms. The molecule has 1 saturated heterocycles. The number of hydrogen-bond acceptors (Lipinski definition) is 4. The van der Waals surface area contributed by atoms with E-state index in [-0.39, 0.29) is 46.4 Å². The monoisotopic (exact) mass is 457 g/mol. The van der Waals surface area contributed by atoms with Crippen molar-refractivity contribution < 1.29 is 45.5 Å². The standard InChI is InChI=1S/C9H18N2O2.C2H4O3.Pt/c1-3-9(4-2)12-7(5-10)8(6-11)13-9;3-1-2(4)5;/h7-8,10-11H,3-6H2,1-2H3;3H,1H2,(H,4,5);/q-2;;+2/t7-,8-;;/m1../s1. The van der Waals surface area contributed by atoms with E-state index in [0.29, 0.717) is 0 Å². The second-order valence-corrected chi connectivity index (χ2v) is 3.89. The van der Waals surface area contributed by atoms with Gasteiger partial charge in [-0.3, -0.25) is 0 Å². The van der Waals surface area contributed by atoms with Gasteiger partial charge in [-0.25, -0.2) is 4.79 Å². The Morgan fingerprint density at radius 1 is 1.16 bits per heavy atom. The van der Waals surface area contributed by atoms with Gasteiger partial charge in [-0.15, -0.1) is 13.1 Å². The van der Waals surface area contributed by atoms with Crippen LogP contribution in [0.4, 0.5) is 0 Å². The van der Waals surface area contributed by atoms with Crippen molar-refractivity contribution in [3.63, 3.8) is 0 Å². The molecule has 0 unspecified atom stereocenters. The first-order valence-corrected chi connectivity index (χ1v) is 5.96. The molecular formula is C11H22N2O5Pt. The van der Waals surface area contributed by atoms with Crippen molar-refractivity contribution in [1.29, 1.82) is 0 Å². The van der Waals surface area contributed by atoms with E-state index in [2.05, 4.69) is 0 Å². The van der Waals surface area contributed by atoms with Gasteiger partial charge in [0.05, 0.1) is 12.2 Å². The number of hydrogen-bond donors (Lipinski definition) is 2. The molecule has 0 radical (unpaired) electrons. The fourth-order valence-corrected chi connectivity index (χ4v) is 1.66. The van der Waals surface area contributed by atoms with Crippen LogP contribution in [0.1, 0.15) is 26.7 Å². The molecule has 1 rings (SSSR count). The molecule has 0 aromatic rings. The van der Waals surface area contributed by atoms with Gasteiger partial charge in [0.1, 0.15) is 6.61 Å². The van der Waals surface area contributed by atoms with E-state index in [9.17, 15) is 0 Å². The zero-order chi connectivity index (χ0) is 14.2. The van der Waals surface area contributed by atoms with Crippen LogP contribution >= 0.6 is 0 Å². The van der Waals surface area contributed by atoms with E-state index >= 15 is 0 Å². The molecule has 0 saturated carbocycles. The van der Waals surface area contributed by atoms with Crippen molar-refractivity contribution in [2.24, 2.45) is 0 Å². The van der Waals surface area contributed by atoms with Crippen LogP contribution in [0.2, 0.25) is 0 Å². The summed E-state index contributed by atoms with van der Waals surface area (Å²) < 4.78 is 11.3. The van der Waals surface area contributed by atoms with Gasteiger partial charge in [0.15, 0.2) is 5.79 Å². The molecule has 0 aromatic heterocycles. The molecule has 1 aliphatic rings. The van der Waals surface area contributed by atoms with Gasteiger partial charge in [-0.2, -0.15) is 0 Å². The maximum atomic E-state index is 9.12. The molecule has 2 atom stereocenters. The fourth-order valence-electron chi connectivity index (χ4n) is 1.66. The van der Waals surface area contributed by atoms with Gasteiger partial charge in [0.25, 0.3) is 0 Å². The Balaban J connectivity index is 0. The number of carboxylic acid groups (broad SMARTS) is 1. The Labute approximate surface area is 127 Å². The van der Waals surface area contributed by atoms with Gasteiger partial charge in [-0.1, -0.05) is 13.8 Å². The predicted octanol–water partition coefficient (Wildman–Crippen LogP) is 1.45. The molecule has 1 heterocycles. The summed E-state index contributed by atoms with van der Waals surface area (Å²) in [5.41, 5.74) is 14.5. The molecule has 1 aliphatic heterocycles. The largest absolute Gasteiger partial charge is 2.00 e. The Kier molecular flexibility index (Phi) is 12.0. The Morgan fingerprint density at radius 3 is 1.63 bits per heavy atom. The second-order valence-electron chi connectivity index (χ2n) is 3.89. The summed E-state index contributed by atoms with van der Waals surface area (Å²) in [5, 5.41) is 15.0. The molecule has 7 nitrogen and oxygen atoms in total. The topological polar surface area (TPSA) is 124 Å². The van der Waals surface area contributed by atoms with Gasteiger partial charge >= 0.3 is 27.0 Å². The summed E-state index contributed by atoms with van der Waals surface area (Å²) in [6.45, 7) is 3.62. The van der Waals surface area contributed by atoms with Crippen molar-refractivity contribution in [3.05, 3.63) is 11.5 Å². The van der Waals surface area contributed by atoms with Crippen LogP contribution in [0.15, 0.2) is 0 Å². The maximum Gasteiger partial charge on any atom is 2.00 e. The quantitative estimate of drug-likeness (QED) is 0.647. The molecule has 116 valence electrons. The summed E-state index contributed by atoms with van der Waals surface area (Å²) in [4.78, 5) is 9.12. The van der Waals surface area contributed by atoms with Gasteiger partial charge in [0, 0.05) is 0 Å². The van der Waals surface area contributed by atoms with Gasteiger partial charge in [-0.05, 0) is 12.8 Å². The van der Waals surface area contributed by atoms with E-state index < -0.39 is 18.4 Å². The van der Waals surface area contributed by atoms with Crippen molar-refractivity contribution in [2.75, 3.05) is 19.7 Å². The van der Waals surface area contributed by atoms with Crippen LogP contribution < -0.4 is 0 Å². The molecule has 0 aromatic carbocycles. The van der Waals surface area contributed by atoms with Crippen LogP contribution in [0.3, 0.4) is 0 Å². The fraction of sp³-hybridized carbons (Fsp3) is 0.909. The number of carbonyl (C=O) groups is 1. The average molecular weight is 457 g/mol. The van der Waals surface area contributed by atoms with Gasteiger partial charge in [0.2, 0.25) is 0 Å². The first-order chi connectivity index (χ1) is 8.48. The summed E-state index contributed by atoms with van der Waals surface area (Å²) in [5.74, 6) is -1.71. The van der Waals surface area contributed by atoms with E-state index in [1.807, 2.05) is 13.8 Å². The third kappa shape index (κ3) is 6.79. The molecule has 0 aliphatic carbocycles. The summed E-state index contributed by atoms with van der Waals surface area (Å²) in [6, 6.07) is 0. The zero-order valence-corrected chi connectivity index (χ0v) is 13.4. The Hall–Kier alpha value is -0.0417. The molecule has 19 heavy (non-hydrogen) atoms. The summed E-state index contributed by atoms with van der Waals surface area (Å²) in [6.07, 6.45) is 1.15. The average Bonchev–Trinajstić information content (AvgIpc) is 2.78. The minimum Gasteiger partial charge on any atom is -0.675 e. The van der Waals surface area contributed by atoms with E-state index in [0.717, 1.165) is 12.8 Å². The minimum atomic E-state index is -1.19. The van der Waals surface area contributed by atoms with Crippen molar-refractivity contribution >= 4 is 5.97 Å². The number of ether oxygens (including phenoxy) is 2. The smallest absolute Gasteiger partial charge is 0.675 e. The Bertz CT molecular complexity index is 237. The van der Waals surface area contributed by atoms with E-state index in [1.54, 1.807) is 0 Å². The van der Waals surface area contributed by atoms with Crippen molar-refractivity contribution in [1.82, 2.24) is 0 Å². The van der Waals surface area contributed by atoms with E-state index in [4.69, 9.17) is 35.9 Å². The third-order valence-corrected chi connectivity index (χ3v) is 2.76. The number of aliphatic hydroxyl groups is 1. The maximum absolute atomic E-state index is 9.12. The number of nitrogens with one attached hydrogen (secondary N) is 2. The van der Waals surface area contributed by atoms with Crippen molar-refractivity contribution in [2.45, 2.75) is 44.7 Å². The molecular weight excluding hydrogens is 435 g/mol. The molecule has 0 spiro atoms. The Morgan fingerprint density at radius 2 is 1.47 bits per heavy atom. The molecule has 1 fully saturated rings. The normalized spacial score (nSPS) is 24.1. The van der Waals surface area contributed by atoms with Crippen LogP contribution in [-0.4, -0.2) is 53.9 Å². The first kappa shape index (κ1) is 21.3. The van der Waals surface area contributed by atoms with Crippen LogP contribution in [0.5, 0.6) is 0 Å². The minimum absolute atomic E-state index is 0. The number of carboxylic acids is 1. The van der Waals surface area contributed by atoms with Crippen LogP contribution in [0.25, 0.3) is 11.5 Å². The second kappa shape index (κ2) is 10.7. The van der Waals surface area contributed by atoms with Crippen LogP contribution in [-0.2, 0) is 35.3 Å². The summed E-state index contributed by atoms with van der Waals surface area (Å²) >= 11 is 0. The number of rotatable bonds is 5. The SMILES string of the molecule is CCC1(CC)O[C@H](C[NH-])[C@@H](C[NH-])O1.O=C(O)CO.[Pt+2]. The molecule has 0 bridgehead atoms. The molecule has 0 amide bonds. The van der Waals surface area contributed by atoms with Crippen molar-refractivity contribution in [3.8, 4) is 0 Å². The first-order valence-electron chi connectivity index (χ1n) is 5.96. The zero-order valence-electron chi connectivity index (χ0n) is 11.1. The van der Waals surface area contributed by atoms with E-state index in [1.165, 1.54) is 0 Å². The number of aliphatic carboxylic acids is 1.